The lowest BCUT2D eigenvalue weighted by Gasteiger charge is -2.39. The van der Waals surface area contributed by atoms with E-state index in [2.05, 4.69) is 5.10 Å². The van der Waals surface area contributed by atoms with Gasteiger partial charge in [-0.15, -0.1) is 0 Å². The molecule has 1 fully saturated rings. The van der Waals surface area contributed by atoms with E-state index in [9.17, 15) is 19.5 Å². The number of rotatable bonds is 8. The molecule has 4 rings (SSSR count). The Bertz CT molecular complexity index is 1380. The minimum absolute atomic E-state index is 0.0664. The van der Waals surface area contributed by atoms with Gasteiger partial charge in [-0.2, -0.15) is 0 Å². The van der Waals surface area contributed by atoms with Crippen molar-refractivity contribution in [2.24, 2.45) is 5.10 Å². The highest BCUT2D eigenvalue weighted by molar-refractivity contribution is 6.44. The van der Waals surface area contributed by atoms with Gasteiger partial charge in [-0.3, -0.25) is 9.80 Å². The molecule has 1 amide bonds. The summed E-state index contributed by atoms with van der Waals surface area (Å²) in [5.41, 5.74) is 2.44. The summed E-state index contributed by atoms with van der Waals surface area (Å²) in [6.45, 7) is 0.639. The van der Waals surface area contributed by atoms with Gasteiger partial charge in [0, 0.05) is 25.1 Å². The molecule has 1 heterocycles. The van der Waals surface area contributed by atoms with Crippen molar-refractivity contribution in [2.45, 2.75) is 31.3 Å². The van der Waals surface area contributed by atoms with Crippen molar-refractivity contribution in [1.82, 2.24) is 9.91 Å². The van der Waals surface area contributed by atoms with E-state index < -0.39 is 18.1 Å². The molecular weight excluding hydrogens is 549 g/mol. The summed E-state index contributed by atoms with van der Waals surface area (Å²) < 4.78 is 0. The number of carbonyl (C=O) groups excluding carboxylic acids is 2. The summed E-state index contributed by atoms with van der Waals surface area (Å²) in [5, 5.41) is 16.0. The van der Waals surface area contributed by atoms with Gasteiger partial charge in [0.1, 0.15) is 6.04 Å². The molecule has 196 valence electrons. The summed E-state index contributed by atoms with van der Waals surface area (Å²) in [6.07, 6.45) is 2.54. The van der Waals surface area contributed by atoms with Gasteiger partial charge in [0.25, 0.3) is 12.0 Å². The number of aliphatic carboxylic acids is 1. The molecule has 10 heteroatoms. The van der Waals surface area contributed by atoms with E-state index in [1.54, 1.807) is 41.3 Å². The van der Waals surface area contributed by atoms with Gasteiger partial charge in [0.15, 0.2) is 0 Å². The molecule has 0 aromatic heterocycles. The number of hydrogen-bond donors (Lipinski definition) is 1. The summed E-state index contributed by atoms with van der Waals surface area (Å²) in [6, 6.07) is 17.9. The van der Waals surface area contributed by atoms with Crippen molar-refractivity contribution >= 4 is 52.8 Å². The zero-order valence-corrected chi connectivity index (χ0v) is 22.5. The molecule has 2 unspecified atom stereocenters. The second kappa shape index (κ2) is 12.5. The van der Waals surface area contributed by atoms with E-state index in [1.807, 2.05) is 30.3 Å². The van der Waals surface area contributed by atoms with Gasteiger partial charge in [-0.05, 0) is 36.1 Å². The van der Waals surface area contributed by atoms with Crippen LogP contribution in [0, 0.1) is 0 Å². The van der Waals surface area contributed by atoms with Crippen molar-refractivity contribution in [3.63, 3.8) is 0 Å². The van der Waals surface area contributed by atoms with E-state index in [1.165, 1.54) is 11.1 Å². The number of carbonyl (C=O) groups is 2. The van der Waals surface area contributed by atoms with Gasteiger partial charge < -0.3 is 10.0 Å². The maximum Gasteiger partial charge on any atom is 0.328 e. The van der Waals surface area contributed by atoms with Crippen molar-refractivity contribution < 1.29 is 19.5 Å². The Kier molecular flexibility index (Phi) is 9.08. The van der Waals surface area contributed by atoms with E-state index >= 15 is 0 Å². The van der Waals surface area contributed by atoms with Crippen LogP contribution in [-0.4, -0.2) is 58.1 Å². The number of hydrazone groups is 1. The minimum atomic E-state index is -1.24. The highest BCUT2D eigenvalue weighted by Crippen LogP contribution is 2.37. The van der Waals surface area contributed by atoms with Crippen LogP contribution in [0.25, 0.3) is 11.1 Å². The molecule has 1 aliphatic rings. The first-order chi connectivity index (χ1) is 18.3. The third-order valence-electron chi connectivity index (χ3n) is 6.58. The minimum Gasteiger partial charge on any atom is -0.480 e. The predicted molar refractivity (Wildman–Crippen MR) is 147 cm³/mol. The second-order valence-electron chi connectivity index (χ2n) is 8.92. The molecule has 3 aromatic carbocycles. The van der Waals surface area contributed by atoms with Crippen LogP contribution < -0.4 is 0 Å². The zero-order valence-electron chi connectivity index (χ0n) is 20.2. The van der Waals surface area contributed by atoms with Crippen LogP contribution in [-0.2, 0) is 16.0 Å². The normalized spacial score (nSPS) is 15.9. The van der Waals surface area contributed by atoms with Crippen molar-refractivity contribution in [1.29, 1.82) is 0 Å². The highest BCUT2D eigenvalue weighted by Gasteiger charge is 2.36. The lowest BCUT2D eigenvalue weighted by molar-refractivity contribution is -0.144. The Morgan fingerprint density at radius 2 is 1.74 bits per heavy atom. The van der Waals surface area contributed by atoms with Crippen molar-refractivity contribution in [2.75, 3.05) is 13.1 Å². The maximum absolute atomic E-state index is 13.1. The Morgan fingerprint density at radius 3 is 2.42 bits per heavy atom. The van der Waals surface area contributed by atoms with Crippen molar-refractivity contribution in [3.05, 3.63) is 92.9 Å². The van der Waals surface area contributed by atoms with E-state index in [-0.39, 0.29) is 23.9 Å². The average molecular weight is 573 g/mol. The molecule has 7 nitrogen and oxygen atoms in total. The smallest absolute Gasteiger partial charge is 0.328 e. The number of carboxylic acid groups (broad SMARTS) is 1. The molecule has 3 aromatic rings. The number of nitrogens with zero attached hydrogens (tertiary/aromatic N) is 3. The molecular formula is C28H24Cl3N3O4. The average Bonchev–Trinajstić information content (AvgIpc) is 2.93. The van der Waals surface area contributed by atoms with Crippen LogP contribution in [0.5, 0.6) is 0 Å². The molecule has 0 spiro atoms. The molecule has 0 radical (unpaired) electrons. The number of carboxylic acids is 1. The van der Waals surface area contributed by atoms with Crippen LogP contribution in [0.1, 0.15) is 28.8 Å². The number of isocyanates is 1. The third-order valence-corrected chi connectivity index (χ3v) is 7.83. The molecule has 1 N–H and O–H groups in total. The summed E-state index contributed by atoms with van der Waals surface area (Å²) >= 11 is 19.4. The number of likely N-dealkylation sites (tertiary alicyclic amines) is 1. The van der Waals surface area contributed by atoms with E-state index in [0.29, 0.717) is 40.6 Å². The van der Waals surface area contributed by atoms with E-state index in [4.69, 9.17) is 34.8 Å². The van der Waals surface area contributed by atoms with Crippen LogP contribution in [0.2, 0.25) is 15.1 Å². The number of piperidine rings is 1. The highest BCUT2D eigenvalue weighted by atomic mass is 35.5. The Morgan fingerprint density at radius 1 is 1.03 bits per heavy atom. The second-order valence-corrected chi connectivity index (χ2v) is 10.1. The van der Waals surface area contributed by atoms with Crippen LogP contribution in [0.3, 0.4) is 0 Å². The van der Waals surface area contributed by atoms with Crippen LogP contribution in [0.15, 0.2) is 71.8 Å². The van der Waals surface area contributed by atoms with Crippen molar-refractivity contribution in [3.8, 4) is 11.1 Å². The fourth-order valence-electron chi connectivity index (χ4n) is 4.70. The molecule has 0 bridgehead atoms. The summed E-state index contributed by atoms with van der Waals surface area (Å²) in [4.78, 5) is 38.5. The third kappa shape index (κ3) is 6.03. The molecule has 38 heavy (non-hydrogen) atoms. The predicted octanol–water partition coefficient (Wildman–Crippen LogP) is 6.17. The van der Waals surface area contributed by atoms with Crippen LogP contribution >= 0.6 is 34.8 Å². The number of halogens is 3. The van der Waals surface area contributed by atoms with Gasteiger partial charge in [0.05, 0.1) is 26.7 Å². The Labute approximate surface area is 235 Å². The summed E-state index contributed by atoms with van der Waals surface area (Å²) in [5.74, 6) is -1.47. The van der Waals surface area contributed by atoms with Gasteiger partial charge in [-0.1, -0.05) is 94.5 Å². The first kappa shape index (κ1) is 27.7. The van der Waals surface area contributed by atoms with Gasteiger partial charge >= 0.3 is 5.97 Å². The Hall–Kier alpha value is -3.35. The number of amides is 1. The fourth-order valence-corrected chi connectivity index (χ4v) is 5.46. The lowest BCUT2D eigenvalue weighted by atomic mass is 9.97. The first-order valence-electron chi connectivity index (χ1n) is 12.0. The Balaban J connectivity index is 1.59. The standard InChI is InChI=1S/C28H24Cl3N3O4/c29-23-11-5-4-10-22(23)27(36)33-14-6-9-20(16-33)34(32-17-35)24(28(37)38)15-19-12-13-21(26(31)25(19)30)18-7-2-1-3-8-18/h1-5,7-8,10-13,20,24H,6,9,14-16H2,(H,37,38). The quantitative estimate of drug-likeness (QED) is 0.198. The topological polar surface area (TPSA) is 90.3 Å². The number of benzene rings is 3. The fraction of sp³-hybridized carbons (Fsp3) is 0.250. The molecule has 2 atom stereocenters. The monoisotopic (exact) mass is 571 g/mol. The molecule has 1 saturated heterocycles. The lowest BCUT2D eigenvalue weighted by Crippen LogP contribution is -2.53. The SMILES string of the molecule is O=C=NN(C1CCCN(C(=O)c2ccccc2Cl)C1)C(Cc1ccc(-c2ccccc2)c(Cl)c1Cl)C(=O)O. The molecule has 0 aliphatic carbocycles. The first-order valence-corrected chi connectivity index (χ1v) is 13.1. The largest absolute Gasteiger partial charge is 0.480 e. The molecule has 0 saturated carbocycles. The van der Waals surface area contributed by atoms with Gasteiger partial charge in [-0.25, -0.2) is 9.59 Å². The van der Waals surface area contributed by atoms with Gasteiger partial charge in [0.2, 0.25) is 0 Å². The number of hydrogen-bond acceptors (Lipinski definition) is 5. The zero-order chi connectivity index (χ0) is 27.2. The van der Waals surface area contributed by atoms with E-state index in [0.717, 1.165) is 11.1 Å². The molecule has 1 aliphatic heterocycles. The summed E-state index contributed by atoms with van der Waals surface area (Å²) in [7, 11) is 0. The van der Waals surface area contributed by atoms with Crippen LogP contribution in [0.4, 0.5) is 0 Å². The maximum atomic E-state index is 13.1.